The summed E-state index contributed by atoms with van der Waals surface area (Å²) in [5, 5.41) is 12.6. The highest BCUT2D eigenvalue weighted by atomic mass is 32.2. The van der Waals surface area contributed by atoms with E-state index in [4.69, 9.17) is 4.74 Å². The lowest BCUT2D eigenvalue weighted by molar-refractivity contribution is 0.0221. The van der Waals surface area contributed by atoms with Crippen LogP contribution in [-0.4, -0.2) is 73.7 Å². The predicted octanol–water partition coefficient (Wildman–Crippen LogP) is 2.44. The van der Waals surface area contributed by atoms with E-state index >= 15 is 0 Å². The molecule has 0 fully saturated rings. The Labute approximate surface area is 182 Å². The van der Waals surface area contributed by atoms with Crippen molar-refractivity contribution >= 4 is 21.4 Å². The van der Waals surface area contributed by atoms with Crippen molar-refractivity contribution in [1.29, 1.82) is 0 Å². The highest BCUT2D eigenvalue weighted by Gasteiger charge is 2.32. The molecule has 168 valence electrons. The number of rotatable bonds is 12. The maximum Gasteiger partial charge on any atom is 0.243 e. The first-order valence-electron chi connectivity index (χ1n) is 9.67. The van der Waals surface area contributed by atoms with E-state index in [0.717, 1.165) is 17.1 Å². The highest BCUT2D eigenvalue weighted by Crippen LogP contribution is 2.22. The van der Waals surface area contributed by atoms with Gasteiger partial charge in [0.2, 0.25) is 10.0 Å². The lowest BCUT2D eigenvalue weighted by Crippen LogP contribution is -2.46. The van der Waals surface area contributed by atoms with Gasteiger partial charge >= 0.3 is 0 Å². The molecule has 0 saturated carbocycles. The predicted molar refractivity (Wildman–Crippen MR) is 115 cm³/mol. The van der Waals surface area contributed by atoms with Gasteiger partial charge in [0.25, 0.3) is 0 Å². The molecular formula is C20H30FN3O4S2. The van der Waals surface area contributed by atoms with Gasteiger partial charge in [-0.15, -0.1) is 11.3 Å². The van der Waals surface area contributed by atoms with Crippen LogP contribution in [0.1, 0.15) is 18.9 Å². The molecule has 1 N–H and O–H groups in total. The second-order valence-electron chi connectivity index (χ2n) is 7.43. The molecule has 1 heterocycles. The van der Waals surface area contributed by atoms with Crippen LogP contribution in [0.3, 0.4) is 0 Å². The third-order valence-corrected chi connectivity index (χ3v) is 7.72. The standard InChI is InChI=1S/C20H30FN3O4S2/c1-15(19(28-4)12-23(3)13-20-22-9-10-29-20)11-24(16(2)14-25)30(26,27)18-7-5-17(21)6-8-18/h5-10,15-16,19,25H,11-14H2,1-4H3/t15-,16-,19-/m0/s1. The monoisotopic (exact) mass is 459 g/mol. The fraction of sp³-hybridized carbons (Fsp3) is 0.550. The summed E-state index contributed by atoms with van der Waals surface area (Å²) in [6.07, 6.45) is 1.53. The van der Waals surface area contributed by atoms with E-state index < -0.39 is 21.9 Å². The van der Waals surface area contributed by atoms with E-state index in [1.165, 1.54) is 16.4 Å². The summed E-state index contributed by atoms with van der Waals surface area (Å²) in [5.41, 5.74) is 0. The maximum atomic E-state index is 13.2. The zero-order chi connectivity index (χ0) is 22.3. The number of halogens is 1. The molecule has 0 saturated heterocycles. The van der Waals surface area contributed by atoms with Crippen LogP contribution < -0.4 is 0 Å². The van der Waals surface area contributed by atoms with Crippen molar-refractivity contribution in [3.63, 3.8) is 0 Å². The summed E-state index contributed by atoms with van der Waals surface area (Å²) >= 11 is 1.58. The molecule has 0 aliphatic carbocycles. The Balaban J connectivity index is 2.14. The van der Waals surface area contributed by atoms with Crippen molar-refractivity contribution in [2.24, 2.45) is 5.92 Å². The molecule has 0 spiro atoms. The minimum Gasteiger partial charge on any atom is -0.395 e. The van der Waals surface area contributed by atoms with Crippen molar-refractivity contribution in [3.8, 4) is 0 Å². The minimum absolute atomic E-state index is 0.00810. The quantitative estimate of drug-likeness (QED) is 0.525. The summed E-state index contributed by atoms with van der Waals surface area (Å²) in [4.78, 5) is 6.36. The molecule has 0 radical (unpaired) electrons. The number of methoxy groups -OCH3 is 1. The summed E-state index contributed by atoms with van der Waals surface area (Å²) in [7, 11) is -0.341. The van der Waals surface area contributed by atoms with Gasteiger partial charge in [-0.1, -0.05) is 6.92 Å². The third-order valence-electron chi connectivity index (χ3n) is 4.96. The molecule has 30 heavy (non-hydrogen) atoms. The number of aromatic nitrogens is 1. The van der Waals surface area contributed by atoms with Crippen LogP contribution in [0.5, 0.6) is 0 Å². The molecule has 0 aliphatic rings. The number of benzene rings is 1. The SMILES string of the molecule is CO[C@@H](CN(C)Cc1nccs1)[C@@H](C)CN([C@@H](C)CO)S(=O)(=O)c1ccc(F)cc1. The van der Waals surface area contributed by atoms with Crippen LogP contribution in [0.2, 0.25) is 0 Å². The Morgan fingerprint density at radius 1 is 1.23 bits per heavy atom. The number of thiazole rings is 1. The van der Waals surface area contributed by atoms with E-state index in [9.17, 15) is 17.9 Å². The number of ether oxygens (including phenoxy) is 1. The van der Waals surface area contributed by atoms with Gasteiger partial charge in [-0.2, -0.15) is 4.31 Å². The van der Waals surface area contributed by atoms with Crippen LogP contribution >= 0.6 is 11.3 Å². The molecule has 1 aromatic heterocycles. The first-order valence-corrected chi connectivity index (χ1v) is 12.0. The first-order chi connectivity index (χ1) is 14.2. The number of hydrogen-bond donors (Lipinski definition) is 1. The van der Waals surface area contributed by atoms with E-state index in [2.05, 4.69) is 9.88 Å². The molecule has 0 bridgehead atoms. The van der Waals surface area contributed by atoms with Crippen LogP contribution in [0.15, 0.2) is 40.7 Å². The average molecular weight is 460 g/mol. The molecule has 2 rings (SSSR count). The van der Waals surface area contributed by atoms with Crippen LogP contribution in [0, 0.1) is 11.7 Å². The first kappa shape index (κ1) is 24.8. The second kappa shape index (κ2) is 11.3. The Kier molecular flexibility index (Phi) is 9.32. The summed E-state index contributed by atoms with van der Waals surface area (Å²) in [6, 6.07) is 4.07. The minimum atomic E-state index is -3.91. The van der Waals surface area contributed by atoms with Crippen LogP contribution in [0.25, 0.3) is 0 Å². The van der Waals surface area contributed by atoms with Crippen LogP contribution in [-0.2, 0) is 21.3 Å². The number of aliphatic hydroxyl groups excluding tert-OH is 1. The Bertz CT molecular complexity index is 863. The van der Waals surface area contributed by atoms with Gasteiger partial charge in [-0.25, -0.2) is 17.8 Å². The van der Waals surface area contributed by atoms with Gasteiger partial charge in [0.15, 0.2) is 0 Å². The largest absolute Gasteiger partial charge is 0.395 e. The van der Waals surface area contributed by atoms with Gasteiger partial charge in [0.05, 0.1) is 24.2 Å². The number of aliphatic hydroxyl groups is 1. The lowest BCUT2D eigenvalue weighted by atomic mass is 10.0. The van der Waals surface area contributed by atoms with Gasteiger partial charge in [0, 0.05) is 37.8 Å². The van der Waals surface area contributed by atoms with Crippen molar-refractivity contribution in [3.05, 3.63) is 46.7 Å². The van der Waals surface area contributed by atoms with Crippen molar-refractivity contribution in [2.45, 2.75) is 37.4 Å². The smallest absolute Gasteiger partial charge is 0.243 e. The third kappa shape index (κ3) is 6.53. The van der Waals surface area contributed by atoms with E-state index in [0.29, 0.717) is 13.1 Å². The summed E-state index contributed by atoms with van der Waals surface area (Å²) in [6.45, 7) is 4.66. The van der Waals surface area contributed by atoms with E-state index in [1.807, 2.05) is 19.4 Å². The number of nitrogens with zero attached hydrogens (tertiary/aromatic N) is 3. The fourth-order valence-electron chi connectivity index (χ4n) is 3.17. The normalized spacial score (nSPS) is 15.5. The maximum absolute atomic E-state index is 13.2. The van der Waals surface area contributed by atoms with E-state index in [-0.39, 0.29) is 30.1 Å². The summed E-state index contributed by atoms with van der Waals surface area (Å²) < 4.78 is 46.5. The number of sulfonamides is 1. The zero-order valence-corrected chi connectivity index (χ0v) is 19.4. The van der Waals surface area contributed by atoms with Crippen LogP contribution in [0.4, 0.5) is 4.39 Å². The molecule has 1 aromatic carbocycles. The highest BCUT2D eigenvalue weighted by molar-refractivity contribution is 7.89. The van der Waals surface area contributed by atoms with Gasteiger partial charge in [-0.05, 0) is 44.2 Å². The molecule has 10 heteroatoms. The van der Waals surface area contributed by atoms with Crippen molar-refractivity contribution < 1.29 is 22.7 Å². The Hall–Kier alpha value is -1.43. The topological polar surface area (TPSA) is 83.0 Å². The molecule has 0 unspecified atom stereocenters. The average Bonchev–Trinajstić information content (AvgIpc) is 3.22. The van der Waals surface area contributed by atoms with Crippen molar-refractivity contribution in [2.75, 3.05) is 33.9 Å². The second-order valence-corrected chi connectivity index (χ2v) is 10.3. The molecule has 7 nitrogen and oxygen atoms in total. The number of hydrogen-bond acceptors (Lipinski definition) is 7. The Morgan fingerprint density at radius 3 is 2.43 bits per heavy atom. The van der Waals surface area contributed by atoms with E-state index in [1.54, 1.807) is 31.6 Å². The van der Waals surface area contributed by atoms with Gasteiger partial charge in [0.1, 0.15) is 10.8 Å². The van der Waals surface area contributed by atoms with Gasteiger partial charge in [-0.3, -0.25) is 4.90 Å². The molecule has 3 atom stereocenters. The summed E-state index contributed by atoms with van der Waals surface area (Å²) in [5.74, 6) is -0.662. The molecular weight excluding hydrogens is 429 g/mol. The van der Waals surface area contributed by atoms with Crippen molar-refractivity contribution in [1.82, 2.24) is 14.2 Å². The molecule has 0 amide bonds. The number of likely N-dealkylation sites (N-methyl/N-ethyl adjacent to an activating group) is 1. The lowest BCUT2D eigenvalue weighted by Gasteiger charge is -2.33. The van der Waals surface area contributed by atoms with Gasteiger partial charge < -0.3 is 9.84 Å². The fourth-order valence-corrected chi connectivity index (χ4v) is 5.59. The zero-order valence-electron chi connectivity index (χ0n) is 17.7. The Morgan fingerprint density at radius 2 is 1.90 bits per heavy atom. The molecule has 2 aromatic rings. The molecule has 0 aliphatic heterocycles.